The highest BCUT2D eigenvalue weighted by molar-refractivity contribution is 6.32. The summed E-state index contributed by atoms with van der Waals surface area (Å²) in [5.41, 5.74) is 1.02. The molecule has 0 saturated carbocycles. The fourth-order valence-corrected chi connectivity index (χ4v) is 6.42. The predicted octanol–water partition coefficient (Wildman–Crippen LogP) is 6.83. The van der Waals surface area contributed by atoms with Crippen molar-refractivity contribution in [3.63, 3.8) is 0 Å². The van der Waals surface area contributed by atoms with Crippen LogP contribution in [0.5, 0.6) is 23.0 Å². The average molecular weight is 708 g/mol. The molecule has 10 nitrogen and oxygen atoms in total. The van der Waals surface area contributed by atoms with Crippen LogP contribution in [0.1, 0.15) is 78.4 Å². The summed E-state index contributed by atoms with van der Waals surface area (Å²) in [5, 5.41) is 1.29. The maximum Gasteiger partial charge on any atom is 0.307 e. The number of likely N-dealkylation sites (tertiary alicyclic amines) is 2. The Balaban J connectivity index is 0.000000188. The van der Waals surface area contributed by atoms with Gasteiger partial charge in [-0.05, 0) is 117 Å². The van der Waals surface area contributed by atoms with E-state index >= 15 is 0 Å². The summed E-state index contributed by atoms with van der Waals surface area (Å²) in [5.74, 6) is 2.45. The molecule has 0 spiro atoms. The molecule has 264 valence electrons. The summed E-state index contributed by atoms with van der Waals surface area (Å²) in [4.78, 5) is 29.1. The summed E-state index contributed by atoms with van der Waals surface area (Å²) < 4.78 is 32.5. The van der Waals surface area contributed by atoms with Gasteiger partial charge in [-0.1, -0.05) is 23.2 Å². The van der Waals surface area contributed by atoms with Crippen molar-refractivity contribution in [2.45, 2.75) is 103 Å². The highest BCUT2D eigenvalue weighted by Crippen LogP contribution is 2.39. The molecule has 2 atom stereocenters. The van der Waals surface area contributed by atoms with Gasteiger partial charge in [-0.25, -0.2) is 0 Å². The standard InChI is InChI=1S/2C18H24ClNO4/c2*1-18(2,3)24-17(21)9-13(20-5-4-6-20)7-12-8-15-16(10-14(12)19)23-11-22-15/h2*8,10,13H,4-7,9,11H2,1-3H3/t13-;/m1./s1. The molecule has 0 N–H and O–H groups in total. The van der Waals surface area contributed by atoms with E-state index in [1.165, 1.54) is 12.8 Å². The molecule has 0 aliphatic carbocycles. The number of carbonyl (C=O) groups excluding carboxylic acids is 2. The third-order valence-corrected chi connectivity index (χ3v) is 9.16. The number of ether oxygens (including phenoxy) is 6. The predicted molar refractivity (Wildman–Crippen MR) is 183 cm³/mol. The number of hydrogen-bond donors (Lipinski definition) is 0. The Morgan fingerprint density at radius 3 is 1.27 bits per heavy atom. The number of hydrogen-bond acceptors (Lipinski definition) is 10. The molecule has 4 aliphatic rings. The van der Waals surface area contributed by atoms with E-state index in [0.717, 1.165) is 37.3 Å². The molecule has 0 radical (unpaired) electrons. The molecule has 2 saturated heterocycles. The minimum Gasteiger partial charge on any atom is -0.460 e. The topological polar surface area (TPSA) is 96.0 Å². The quantitative estimate of drug-likeness (QED) is 0.245. The van der Waals surface area contributed by atoms with Crippen molar-refractivity contribution < 1.29 is 38.0 Å². The van der Waals surface area contributed by atoms with Crippen molar-refractivity contribution in [1.29, 1.82) is 0 Å². The molecule has 4 heterocycles. The maximum atomic E-state index is 12.2. The Bertz CT molecular complexity index is 1350. The van der Waals surface area contributed by atoms with Crippen LogP contribution >= 0.6 is 23.2 Å². The number of benzene rings is 2. The summed E-state index contributed by atoms with van der Waals surface area (Å²) >= 11 is 12.8. The van der Waals surface area contributed by atoms with Gasteiger partial charge in [0.2, 0.25) is 13.6 Å². The Morgan fingerprint density at radius 1 is 0.646 bits per heavy atom. The first-order valence-electron chi connectivity index (χ1n) is 16.7. The monoisotopic (exact) mass is 706 g/mol. The zero-order chi connectivity index (χ0) is 34.6. The van der Waals surface area contributed by atoms with Crippen LogP contribution in [0.2, 0.25) is 10.0 Å². The number of halogens is 2. The van der Waals surface area contributed by atoms with E-state index in [1.54, 1.807) is 12.1 Å². The van der Waals surface area contributed by atoms with Gasteiger partial charge < -0.3 is 28.4 Å². The van der Waals surface area contributed by atoms with E-state index in [4.69, 9.17) is 51.6 Å². The van der Waals surface area contributed by atoms with Crippen LogP contribution in [0.15, 0.2) is 24.3 Å². The molecule has 6 rings (SSSR count). The number of rotatable bonds is 10. The third kappa shape index (κ3) is 10.1. The SMILES string of the molecule is CC(C)(C)OC(=O)CC(Cc1cc2c(cc1Cl)OCO2)N1CCC1.CC(C)(C)OC(=O)C[C@@H](Cc1cc2c(cc1Cl)OCO2)N1CCC1. The first-order chi connectivity index (χ1) is 22.6. The first kappa shape index (κ1) is 36.4. The van der Waals surface area contributed by atoms with Crippen molar-refractivity contribution in [3.8, 4) is 23.0 Å². The van der Waals surface area contributed by atoms with Gasteiger partial charge in [-0.3, -0.25) is 19.4 Å². The van der Waals surface area contributed by atoms with E-state index in [0.29, 0.717) is 58.7 Å². The second-order valence-electron chi connectivity index (χ2n) is 14.7. The number of fused-ring (bicyclic) bond motifs is 2. The van der Waals surface area contributed by atoms with E-state index in [1.807, 2.05) is 53.7 Å². The van der Waals surface area contributed by atoms with Crippen LogP contribution in [0.25, 0.3) is 0 Å². The van der Waals surface area contributed by atoms with Gasteiger partial charge >= 0.3 is 11.9 Å². The number of carbonyl (C=O) groups is 2. The molecule has 0 aromatic heterocycles. The minimum absolute atomic E-state index is 0.0893. The van der Waals surface area contributed by atoms with Gasteiger partial charge in [-0.15, -0.1) is 0 Å². The van der Waals surface area contributed by atoms with Gasteiger partial charge in [0.15, 0.2) is 23.0 Å². The highest BCUT2D eigenvalue weighted by atomic mass is 35.5. The molecule has 0 bridgehead atoms. The number of nitrogens with zero attached hydrogens (tertiary/aromatic N) is 2. The molecular formula is C36H48Cl2N2O8. The summed E-state index contributed by atoms with van der Waals surface area (Å²) in [6, 6.07) is 7.61. The lowest BCUT2D eigenvalue weighted by Gasteiger charge is -2.38. The molecule has 2 aromatic carbocycles. The Hall–Kier alpha value is -2.92. The van der Waals surface area contributed by atoms with E-state index in [9.17, 15) is 9.59 Å². The first-order valence-corrected chi connectivity index (χ1v) is 17.5. The zero-order valence-corrected chi connectivity index (χ0v) is 30.4. The van der Waals surface area contributed by atoms with Crippen LogP contribution in [0, 0.1) is 0 Å². The largest absolute Gasteiger partial charge is 0.460 e. The highest BCUT2D eigenvalue weighted by Gasteiger charge is 2.31. The van der Waals surface area contributed by atoms with Gasteiger partial charge in [-0.2, -0.15) is 0 Å². The van der Waals surface area contributed by atoms with Crippen molar-refractivity contribution in [1.82, 2.24) is 9.80 Å². The van der Waals surface area contributed by atoms with Crippen LogP contribution in [0.3, 0.4) is 0 Å². The second-order valence-corrected chi connectivity index (χ2v) is 15.5. The van der Waals surface area contributed by atoms with E-state index < -0.39 is 11.2 Å². The van der Waals surface area contributed by atoms with Crippen LogP contribution in [0.4, 0.5) is 0 Å². The molecule has 2 aromatic rings. The van der Waals surface area contributed by atoms with Gasteiger partial charge in [0.25, 0.3) is 0 Å². The van der Waals surface area contributed by atoms with Gasteiger partial charge in [0, 0.05) is 34.3 Å². The number of esters is 2. The molecule has 0 amide bonds. The lowest BCUT2D eigenvalue weighted by Crippen LogP contribution is -2.47. The fourth-order valence-electron chi connectivity index (χ4n) is 5.96. The zero-order valence-electron chi connectivity index (χ0n) is 28.9. The lowest BCUT2D eigenvalue weighted by molar-refractivity contribution is -0.157. The van der Waals surface area contributed by atoms with E-state index in [2.05, 4.69) is 9.80 Å². The van der Waals surface area contributed by atoms with Gasteiger partial charge in [0.05, 0.1) is 12.8 Å². The molecular weight excluding hydrogens is 659 g/mol. The summed E-state index contributed by atoms with van der Waals surface area (Å²) in [6.45, 7) is 15.8. The van der Waals surface area contributed by atoms with Gasteiger partial charge in [0.1, 0.15) is 11.2 Å². The fraction of sp³-hybridized carbons (Fsp3) is 0.611. The summed E-state index contributed by atoms with van der Waals surface area (Å²) in [6.07, 6.45) is 4.44. The van der Waals surface area contributed by atoms with Crippen LogP contribution in [-0.2, 0) is 31.9 Å². The molecule has 48 heavy (non-hydrogen) atoms. The third-order valence-electron chi connectivity index (χ3n) is 8.45. The molecule has 2 fully saturated rings. The molecule has 4 aliphatic heterocycles. The molecule has 12 heteroatoms. The lowest BCUT2D eigenvalue weighted by atomic mass is 9.98. The normalized spacial score (nSPS) is 18.2. The van der Waals surface area contributed by atoms with E-state index in [-0.39, 0.29) is 37.6 Å². The van der Waals surface area contributed by atoms with Crippen molar-refractivity contribution in [3.05, 3.63) is 45.4 Å². The van der Waals surface area contributed by atoms with Crippen LogP contribution < -0.4 is 18.9 Å². The average Bonchev–Trinajstić information content (AvgIpc) is 3.53. The molecule has 1 unspecified atom stereocenters. The van der Waals surface area contributed by atoms with Crippen molar-refractivity contribution in [2.24, 2.45) is 0 Å². The maximum absolute atomic E-state index is 12.2. The van der Waals surface area contributed by atoms with Crippen molar-refractivity contribution >= 4 is 35.1 Å². The Labute approximate surface area is 293 Å². The Kier molecular flexibility index (Phi) is 11.6. The summed E-state index contributed by atoms with van der Waals surface area (Å²) in [7, 11) is 0. The Morgan fingerprint density at radius 2 is 0.979 bits per heavy atom. The smallest absolute Gasteiger partial charge is 0.307 e. The second kappa shape index (κ2) is 15.3. The minimum atomic E-state index is -0.465. The van der Waals surface area contributed by atoms with Crippen LogP contribution in [-0.4, -0.2) is 84.8 Å². The van der Waals surface area contributed by atoms with Crippen molar-refractivity contribution in [2.75, 3.05) is 39.8 Å².